The minimum Gasteiger partial charge on any atom is -0.384 e. The van der Waals surface area contributed by atoms with Crippen LogP contribution in [-0.4, -0.2) is 41.8 Å². The molecule has 0 aromatic heterocycles. The molecule has 1 saturated heterocycles. The average molecular weight is 337 g/mol. The number of hydrogen-bond acceptors (Lipinski definition) is 5. The van der Waals surface area contributed by atoms with E-state index in [9.17, 15) is 13.7 Å². The standard InChI is InChI=1S/C16H23N3O3S/c1-13-4-3-5-15(14(13)10-17)23(20,21)19-11-16(12-22-2)6-8-18-9-7-16/h3-5,18-19H,6-9,11-12H2,1-2H3. The molecule has 0 amide bonds. The Labute approximate surface area is 137 Å². The molecule has 23 heavy (non-hydrogen) atoms. The van der Waals surface area contributed by atoms with Crippen LogP contribution >= 0.6 is 0 Å². The fraction of sp³-hybridized carbons (Fsp3) is 0.562. The van der Waals surface area contributed by atoms with Crippen molar-refractivity contribution in [3.63, 3.8) is 0 Å². The minimum atomic E-state index is -3.73. The monoisotopic (exact) mass is 337 g/mol. The fourth-order valence-electron chi connectivity index (χ4n) is 2.97. The fourth-order valence-corrected chi connectivity index (χ4v) is 4.35. The van der Waals surface area contributed by atoms with Crippen LogP contribution in [0.25, 0.3) is 0 Å². The lowest BCUT2D eigenvalue weighted by atomic mass is 9.80. The van der Waals surface area contributed by atoms with Gasteiger partial charge in [-0.15, -0.1) is 0 Å². The molecule has 0 atom stereocenters. The lowest BCUT2D eigenvalue weighted by Gasteiger charge is -2.37. The molecule has 2 N–H and O–H groups in total. The van der Waals surface area contributed by atoms with Crippen LogP contribution < -0.4 is 10.0 Å². The third-order valence-corrected chi connectivity index (χ3v) is 5.83. The largest absolute Gasteiger partial charge is 0.384 e. The van der Waals surface area contributed by atoms with Crippen molar-refractivity contribution in [2.24, 2.45) is 5.41 Å². The van der Waals surface area contributed by atoms with Gasteiger partial charge in [-0.25, -0.2) is 13.1 Å². The number of hydrogen-bond donors (Lipinski definition) is 2. The molecule has 1 heterocycles. The minimum absolute atomic E-state index is 0.0431. The zero-order valence-corrected chi connectivity index (χ0v) is 14.4. The first kappa shape index (κ1) is 17.9. The molecular formula is C16H23N3O3S. The van der Waals surface area contributed by atoms with E-state index in [1.807, 2.05) is 6.07 Å². The third kappa shape index (κ3) is 4.09. The summed E-state index contributed by atoms with van der Waals surface area (Å²) in [6.07, 6.45) is 1.70. The Morgan fingerprint density at radius 2 is 2.09 bits per heavy atom. The summed E-state index contributed by atoms with van der Waals surface area (Å²) in [5, 5.41) is 12.5. The van der Waals surface area contributed by atoms with Gasteiger partial charge >= 0.3 is 0 Å². The number of aryl methyl sites for hydroxylation is 1. The highest BCUT2D eigenvalue weighted by molar-refractivity contribution is 7.89. The van der Waals surface area contributed by atoms with Crippen LogP contribution in [0.4, 0.5) is 0 Å². The first-order valence-electron chi connectivity index (χ1n) is 7.63. The maximum absolute atomic E-state index is 12.6. The first-order chi connectivity index (χ1) is 10.9. The Morgan fingerprint density at radius 3 is 2.70 bits per heavy atom. The highest BCUT2D eigenvalue weighted by Gasteiger charge is 2.34. The van der Waals surface area contributed by atoms with Crippen molar-refractivity contribution in [1.82, 2.24) is 10.0 Å². The van der Waals surface area contributed by atoms with Gasteiger partial charge in [0.1, 0.15) is 6.07 Å². The van der Waals surface area contributed by atoms with Gasteiger partial charge in [-0.2, -0.15) is 5.26 Å². The van der Waals surface area contributed by atoms with Gasteiger partial charge < -0.3 is 10.1 Å². The summed E-state index contributed by atoms with van der Waals surface area (Å²) < 4.78 is 33.3. The maximum Gasteiger partial charge on any atom is 0.241 e. The van der Waals surface area contributed by atoms with E-state index in [0.29, 0.717) is 18.7 Å². The van der Waals surface area contributed by atoms with Crippen molar-refractivity contribution in [2.45, 2.75) is 24.7 Å². The summed E-state index contributed by atoms with van der Waals surface area (Å²) in [5.74, 6) is 0. The Hall–Kier alpha value is -1.46. The number of piperidine rings is 1. The first-order valence-corrected chi connectivity index (χ1v) is 9.11. The van der Waals surface area contributed by atoms with Gasteiger partial charge in [0.05, 0.1) is 17.1 Å². The van der Waals surface area contributed by atoms with Crippen molar-refractivity contribution >= 4 is 10.0 Å². The van der Waals surface area contributed by atoms with E-state index >= 15 is 0 Å². The summed E-state index contributed by atoms with van der Waals surface area (Å²) in [6, 6.07) is 6.85. The van der Waals surface area contributed by atoms with Crippen molar-refractivity contribution in [3.8, 4) is 6.07 Å². The normalized spacial score (nSPS) is 17.6. The average Bonchev–Trinajstić information content (AvgIpc) is 2.54. The zero-order chi connectivity index (χ0) is 16.9. The molecule has 126 valence electrons. The molecule has 0 aliphatic carbocycles. The summed E-state index contributed by atoms with van der Waals surface area (Å²) in [6.45, 7) is 4.24. The molecule has 6 nitrogen and oxygen atoms in total. The molecule has 1 aromatic rings. The van der Waals surface area contributed by atoms with Gasteiger partial charge in [0.2, 0.25) is 10.0 Å². The number of nitrogens with zero attached hydrogens (tertiary/aromatic N) is 1. The predicted octanol–water partition coefficient (Wildman–Crippen LogP) is 1.16. The molecule has 1 aliphatic rings. The highest BCUT2D eigenvalue weighted by atomic mass is 32.2. The number of sulfonamides is 1. The molecule has 0 saturated carbocycles. The second-order valence-electron chi connectivity index (χ2n) is 6.07. The Morgan fingerprint density at radius 1 is 1.39 bits per heavy atom. The molecule has 1 aromatic carbocycles. The number of rotatable bonds is 6. The summed E-state index contributed by atoms with van der Waals surface area (Å²) in [4.78, 5) is 0.0431. The molecule has 2 rings (SSSR count). The summed E-state index contributed by atoms with van der Waals surface area (Å²) in [5.41, 5.74) is 0.652. The van der Waals surface area contributed by atoms with Crippen molar-refractivity contribution in [1.29, 1.82) is 5.26 Å². The van der Waals surface area contributed by atoms with Crippen molar-refractivity contribution in [3.05, 3.63) is 29.3 Å². The van der Waals surface area contributed by atoms with Gasteiger partial charge in [-0.05, 0) is 44.5 Å². The van der Waals surface area contributed by atoms with Crippen LogP contribution in [0.15, 0.2) is 23.1 Å². The number of nitrogens with one attached hydrogen (secondary N) is 2. The quantitative estimate of drug-likeness (QED) is 0.813. The Kier molecular flexibility index (Phi) is 5.76. The van der Waals surface area contributed by atoms with E-state index in [2.05, 4.69) is 10.0 Å². The Balaban J connectivity index is 2.21. The SMILES string of the molecule is COCC1(CNS(=O)(=O)c2cccc(C)c2C#N)CCNCC1. The van der Waals surface area contributed by atoms with Gasteiger partial charge in [-0.3, -0.25) is 0 Å². The van der Waals surface area contributed by atoms with Crippen molar-refractivity contribution < 1.29 is 13.2 Å². The highest BCUT2D eigenvalue weighted by Crippen LogP contribution is 2.29. The van der Waals surface area contributed by atoms with Crippen LogP contribution in [0.3, 0.4) is 0 Å². The van der Waals surface area contributed by atoms with Crippen molar-refractivity contribution in [2.75, 3.05) is 33.4 Å². The topological polar surface area (TPSA) is 91.2 Å². The summed E-state index contributed by atoms with van der Waals surface area (Å²) >= 11 is 0. The maximum atomic E-state index is 12.6. The second kappa shape index (κ2) is 7.41. The lowest BCUT2D eigenvalue weighted by Crippen LogP contribution is -2.47. The van der Waals surface area contributed by atoms with E-state index in [4.69, 9.17) is 4.74 Å². The Bertz CT molecular complexity index is 684. The molecule has 0 bridgehead atoms. The number of methoxy groups -OCH3 is 1. The molecule has 1 aliphatic heterocycles. The lowest BCUT2D eigenvalue weighted by molar-refractivity contribution is 0.0577. The number of ether oxygens (including phenoxy) is 1. The van der Waals surface area contributed by atoms with Gasteiger partial charge in [-0.1, -0.05) is 12.1 Å². The van der Waals surface area contributed by atoms with E-state index in [1.165, 1.54) is 6.07 Å². The second-order valence-corrected chi connectivity index (χ2v) is 7.80. The zero-order valence-electron chi connectivity index (χ0n) is 13.6. The van der Waals surface area contributed by atoms with Crippen LogP contribution in [-0.2, 0) is 14.8 Å². The van der Waals surface area contributed by atoms with Crippen LogP contribution in [0.2, 0.25) is 0 Å². The predicted molar refractivity (Wildman–Crippen MR) is 87.5 cm³/mol. The van der Waals surface area contributed by atoms with Crippen LogP contribution in [0.5, 0.6) is 0 Å². The van der Waals surface area contributed by atoms with Crippen LogP contribution in [0.1, 0.15) is 24.0 Å². The number of nitriles is 1. The van der Waals surface area contributed by atoms with E-state index in [0.717, 1.165) is 25.9 Å². The number of benzene rings is 1. The molecule has 0 unspecified atom stereocenters. The van der Waals surface area contributed by atoms with E-state index in [-0.39, 0.29) is 15.9 Å². The molecule has 0 radical (unpaired) electrons. The van der Waals surface area contributed by atoms with Gasteiger partial charge in [0, 0.05) is 19.1 Å². The molecule has 1 fully saturated rings. The van der Waals surface area contributed by atoms with Gasteiger partial charge in [0.25, 0.3) is 0 Å². The van der Waals surface area contributed by atoms with Gasteiger partial charge in [0.15, 0.2) is 0 Å². The molecular weight excluding hydrogens is 314 g/mol. The summed E-state index contributed by atoms with van der Waals surface area (Å²) in [7, 11) is -2.10. The van der Waals surface area contributed by atoms with E-state index < -0.39 is 10.0 Å². The smallest absolute Gasteiger partial charge is 0.241 e. The van der Waals surface area contributed by atoms with E-state index in [1.54, 1.807) is 26.2 Å². The van der Waals surface area contributed by atoms with Crippen LogP contribution in [0, 0.1) is 23.7 Å². The molecule has 7 heteroatoms. The third-order valence-electron chi connectivity index (χ3n) is 4.39. The molecule has 0 spiro atoms.